The molecule has 0 heterocycles. The summed E-state index contributed by atoms with van der Waals surface area (Å²) in [7, 11) is -0.637. The average Bonchev–Trinajstić information content (AvgIpc) is 2.53. The number of para-hydroxylation sites is 1. The van der Waals surface area contributed by atoms with Crippen LogP contribution in [0.2, 0.25) is 10.0 Å². The molecule has 0 atom stereocenters. The maximum Gasteiger partial charge on any atom is 0.242 e. The quantitative estimate of drug-likeness (QED) is 0.786. The SMILES string of the molecule is COc1cccc(CCNS(=O)(=O)c2ccc(Cl)cc2Cl)c1OC. The molecule has 24 heavy (non-hydrogen) atoms. The van der Waals surface area contributed by atoms with Crippen LogP contribution in [0.25, 0.3) is 0 Å². The van der Waals surface area contributed by atoms with Crippen molar-refractivity contribution in [3.8, 4) is 11.5 Å². The average molecular weight is 390 g/mol. The van der Waals surface area contributed by atoms with Gasteiger partial charge in [-0.1, -0.05) is 35.3 Å². The number of benzene rings is 2. The molecular formula is C16H17Cl2NO4S. The van der Waals surface area contributed by atoms with Crippen LogP contribution in [-0.4, -0.2) is 29.2 Å². The van der Waals surface area contributed by atoms with E-state index < -0.39 is 10.0 Å². The van der Waals surface area contributed by atoms with Crippen molar-refractivity contribution in [1.29, 1.82) is 0 Å². The lowest BCUT2D eigenvalue weighted by Gasteiger charge is -2.13. The molecule has 0 fully saturated rings. The molecule has 0 unspecified atom stereocenters. The Balaban J connectivity index is 2.11. The fourth-order valence-electron chi connectivity index (χ4n) is 2.24. The number of halogens is 2. The highest BCUT2D eigenvalue weighted by molar-refractivity contribution is 7.89. The number of nitrogens with one attached hydrogen (secondary N) is 1. The molecule has 0 amide bonds. The summed E-state index contributed by atoms with van der Waals surface area (Å²) in [5, 5.41) is 0.453. The zero-order valence-corrected chi connectivity index (χ0v) is 15.5. The second-order valence-corrected chi connectivity index (χ2v) is 7.45. The van der Waals surface area contributed by atoms with Crippen molar-refractivity contribution in [2.45, 2.75) is 11.3 Å². The van der Waals surface area contributed by atoms with Crippen molar-refractivity contribution < 1.29 is 17.9 Å². The van der Waals surface area contributed by atoms with Crippen molar-refractivity contribution >= 4 is 33.2 Å². The Kier molecular flexibility index (Phi) is 6.34. The summed E-state index contributed by atoms with van der Waals surface area (Å²) in [5.74, 6) is 1.18. The highest BCUT2D eigenvalue weighted by atomic mass is 35.5. The molecule has 130 valence electrons. The fourth-order valence-corrected chi connectivity index (χ4v) is 4.04. The Morgan fingerprint density at radius 3 is 2.46 bits per heavy atom. The first kappa shape index (κ1) is 18.9. The first-order valence-corrected chi connectivity index (χ1v) is 9.27. The van der Waals surface area contributed by atoms with Crippen LogP contribution in [-0.2, 0) is 16.4 Å². The predicted octanol–water partition coefficient (Wildman–Crippen LogP) is 3.53. The third-order valence-electron chi connectivity index (χ3n) is 3.35. The van der Waals surface area contributed by atoms with E-state index in [1.54, 1.807) is 20.3 Å². The lowest BCUT2D eigenvalue weighted by atomic mass is 10.1. The largest absolute Gasteiger partial charge is 0.493 e. The second-order valence-electron chi connectivity index (χ2n) is 4.88. The molecule has 8 heteroatoms. The molecule has 5 nitrogen and oxygen atoms in total. The standard InChI is InChI=1S/C16H17Cl2NO4S/c1-22-14-5-3-4-11(16(14)23-2)8-9-19-24(20,21)15-7-6-12(17)10-13(15)18/h3-7,10,19H,8-9H2,1-2H3. The van der Waals surface area contributed by atoms with Gasteiger partial charge in [0.15, 0.2) is 11.5 Å². The van der Waals surface area contributed by atoms with Crippen molar-refractivity contribution in [3.63, 3.8) is 0 Å². The van der Waals surface area contributed by atoms with Gasteiger partial charge in [-0.05, 0) is 36.2 Å². The first-order chi connectivity index (χ1) is 11.4. The van der Waals surface area contributed by atoms with Gasteiger partial charge in [0.25, 0.3) is 0 Å². The van der Waals surface area contributed by atoms with Crippen molar-refractivity contribution in [1.82, 2.24) is 4.72 Å². The molecule has 0 saturated heterocycles. The Bertz CT molecular complexity index is 825. The van der Waals surface area contributed by atoms with Gasteiger partial charge < -0.3 is 9.47 Å². The van der Waals surface area contributed by atoms with E-state index in [0.29, 0.717) is 22.9 Å². The third kappa shape index (κ3) is 4.33. The molecule has 2 aromatic carbocycles. The number of hydrogen-bond acceptors (Lipinski definition) is 4. The minimum Gasteiger partial charge on any atom is -0.493 e. The molecule has 2 aromatic rings. The van der Waals surface area contributed by atoms with E-state index in [2.05, 4.69) is 4.72 Å². The highest BCUT2D eigenvalue weighted by Gasteiger charge is 2.18. The molecule has 0 bridgehead atoms. The van der Waals surface area contributed by atoms with Gasteiger partial charge in [-0.15, -0.1) is 0 Å². The lowest BCUT2D eigenvalue weighted by molar-refractivity contribution is 0.351. The molecule has 1 N–H and O–H groups in total. The van der Waals surface area contributed by atoms with Crippen LogP contribution in [0.3, 0.4) is 0 Å². The fraction of sp³-hybridized carbons (Fsp3) is 0.250. The Labute approximate surface area is 151 Å². The topological polar surface area (TPSA) is 64.6 Å². The summed E-state index contributed by atoms with van der Waals surface area (Å²) in [5.41, 5.74) is 0.835. The summed E-state index contributed by atoms with van der Waals surface area (Å²) in [6, 6.07) is 9.70. The van der Waals surface area contributed by atoms with Crippen LogP contribution >= 0.6 is 23.2 Å². The highest BCUT2D eigenvalue weighted by Crippen LogP contribution is 2.31. The number of rotatable bonds is 7. The van der Waals surface area contributed by atoms with Gasteiger partial charge in [0.2, 0.25) is 10.0 Å². The summed E-state index contributed by atoms with van der Waals surface area (Å²) >= 11 is 11.7. The molecule has 0 saturated carbocycles. The van der Waals surface area contributed by atoms with Gasteiger partial charge >= 0.3 is 0 Å². The van der Waals surface area contributed by atoms with Gasteiger partial charge in [-0.2, -0.15) is 0 Å². The number of sulfonamides is 1. The number of hydrogen-bond donors (Lipinski definition) is 1. The normalized spacial score (nSPS) is 11.3. The summed E-state index contributed by atoms with van der Waals surface area (Å²) in [4.78, 5) is -0.00817. The zero-order valence-electron chi connectivity index (χ0n) is 13.2. The van der Waals surface area contributed by atoms with E-state index in [1.165, 1.54) is 18.2 Å². The van der Waals surface area contributed by atoms with Gasteiger partial charge in [0.1, 0.15) is 4.90 Å². The summed E-state index contributed by atoms with van der Waals surface area (Å²) < 4.78 is 37.8. The minimum absolute atomic E-state index is 0.00817. The van der Waals surface area contributed by atoms with Crippen molar-refractivity contribution in [2.75, 3.05) is 20.8 Å². The van der Waals surface area contributed by atoms with Crippen LogP contribution in [0.5, 0.6) is 11.5 Å². The maximum absolute atomic E-state index is 12.3. The van der Waals surface area contributed by atoms with Crippen LogP contribution in [0, 0.1) is 0 Å². The van der Waals surface area contributed by atoms with Gasteiger partial charge in [0.05, 0.1) is 19.2 Å². The number of methoxy groups -OCH3 is 2. The molecule has 0 radical (unpaired) electrons. The Hall–Kier alpha value is -1.47. The van der Waals surface area contributed by atoms with E-state index in [0.717, 1.165) is 5.56 Å². The molecule has 2 rings (SSSR count). The van der Waals surface area contributed by atoms with Crippen LogP contribution < -0.4 is 14.2 Å². The van der Waals surface area contributed by atoms with E-state index in [9.17, 15) is 8.42 Å². The van der Waals surface area contributed by atoms with Crippen LogP contribution in [0.15, 0.2) is 41.3 Å². The third-order valence-corrected chi connectivity index (χ3v) is 5.53. The monoisotopic (exact) mass is 389 g/mol. The molecule has 0 aliphatic rings. The van der Waals surface area contributed by atoms with Gasteiger partial charge in [-0.3, -0.25) is 0 Å². The van der Waals surface area contributed by atoms with Crippen LogP contribution in [0.4, 0.5) is 0 Å². The molecule has 0 aliphatic carbocycles. The van der Waals surface area contributed by atoms with E-state index in [1.807, 2.05) is 12.1 Å². The summed E-state index contributed by atoms with van der Waals surface area (Å²) in [6.45, 7) is 0.185. The van der Waals surface area contributed by atoms with Crippen LogP contribution in [0.1, 0.15) is 5.56 Å². The van der Waals surface area contributed by atoms with Crippen molar-refractivity contribution in [3.05, 3.63) is 52.0 Å². The van der Waals surface area contributed by atoms with E-state index >= 15 is 0 Å². The minimum atomic E-state index is -3.73. The Morgan fingerprint density at radius 2 is 1.83 bits per heavy atom. The maximum atomic E-state index is 12.3. The number of ether oxygens (including phenoxy) is 2. The molecular weight excluding hydrogens is 373 g/mol. The molecule has 0 aromatic heterocycles. The molecule has 0 spiro atoms. The molecule has 0 aliphatic heterocycles. The zero-order chi connectivity index (χ0) is 17.7. The summed E-state index contributed by atoms with van der Waals surface area (Å²) in [6.07, 6.45) is 0.435. The smallest absolute Gasteiger partial charge is 0.242 e. The van der Waals surface area contributed by atoms with Gasteiger partial charge in [-0.25, -0.2) is 13.1 Å². The predicted molar refractivity (Wildman–Crippen MR) is 94.9 cm³/mol. The lowest BCUT2D eigenvalue weighted by Crippen LogP contribution is -2.26. The first-order valence-electron chi connectivity index (χ1n) is 7.03. The van der Waals surface area contributed by atoms with E-state index in [4.69, 9.17) is 32.7 Å². The van der Waals surface area contributed by atoms with Crippen molar-refractivity contribution in [2.24, 2.45) is 0 Å². The van der Waals surface area contributed by atoms with Gasteiger partial charge in [0, 0.05) is 11.6 Å². The van der Waals surface area contributed by atoms with E-state index in [-0.39, 0.29) is 16.5 Å². The second kappa shape index (κ2) is 8.07. The Morgan fingerprint density at radius 1 is 1.08 bits per heavy atom.